The summed E-state index contributed by atoms with van der Waals surface area (Å²) in [6, 6.07) is 15.4. The molecule has 5 heteroatoms. The minimum Gasteiger partial charge on any atom is -0.309 e. The van der Waals surface area contributed by atoms with E-state index in [-0.39, 0.29) is 0 Å². The van der Waals surface area contributed by atoms with Crippen LogP contribution in [0.4, 0.5) is 0 Å². The molecule has 0 atom stereocenters. The fourth-order valence-corrected chi connectivity index (χ4v) is 4.04. The molecule has 5 rings (SSSR count). The average molecular weight is 331 g/mol. The first-order valence-electron chi connectivity index (χ1n) is 8.61. The van der Waals surface area contributed by atoms with Gasteiger partial charge in [-0.25, -0.2) is 0 Å². The van der Waals surface area contributed by atoms with E-state index in [1.165, 1.54) is 38.6 Å². The molecule has 4 aromatic rings. The number of rotatable bonds is 2. The van der Waals surface area contributed by atoms with Gasteiger partial charge in [0.2, 0.25) is 0 Å². The molecular formula is C20H21N5. The standard InChI is InChI=1S/C20H21N5/c1-13-8-9-14-10-15(11-23(2)3)25-17-7-5-4-6-16(17)24-12-21-22-20(24)18(13)19(14)25/h4-10,21H,11-12H2,1-3H3. The third-order valence-corrected chi connectivity index (χ3v) is 5.04. The Morgan fingerprint density at radius 3 is 2.72 bits per heavy atom. The van der Waals surface area contributed by atoms with Crippen molar-refractivity contribution in [1.82, 2.24) is 19.3 Å². The number of aromatic nitrogens is 2. The third-order valence-electron chi connectivity index (χ3n) is 5.04. The van der Waals surface area contributed by atoms with Crippen LogP contribution in [-0.4, -0.2) is 28.0 Å². The van der Waals surface area contributed by atoms with Crippen molar-refractivity contribution in [3.8, 4) is 0 Å². The molecule has 1 aliphatic rings. The summed E-state index contributed by atoms with van der Waals surface area (Å²) < 4.78 is 4.71. The third kappa shape index (κ3) is 1.96. The van der Waals surface area contributed by atoms with Gasteiger partial charge in [0.1, 0.15) is 6.67 Å². The number of para-hydroxylation sites is 2. The molecule has 1 N–H and O–H groups in total. The van der Waals surface area contributed by atoms with E-state index in [1.54, 1.807) is 0 Å². The van der Waals surface area contributed by atoms with Gasteiger partial charge in [-0.15, -0.1) is 0 Å². The lowest BCUT2D eigenvalue weighted by Crippen LogP contribution is -2.15. The van der Waals surface area contributed by atoms with Crippen LogP contribution in [0.1, 0.15) is 11.3 Å². The van der Waals surface area contributed by atoms with Crippen molar-refractivity contribution in [1.29, 1.82) is 0 Å². The predicted octanol–water partition coefficient (Wildman–Crippen LogP) is 2.79. The normalized spacial score (nSPS) is 13.6. The summed E-state index contributed by atoms with van der Waals surface area (Å²) in [5.74, 6) is 0. The van der Waals surface area contributed by atoms with Crippen LogP contribution in [0, 0.1) is 6.92 Å². The van der Waals surface area contributed by atoms with Crippen LogP contribution >= 0.6 is 0 Å². The van der Waals surface area contributed by atoms with Crippen molar-refractivity contribution in [3.05, 3.63) is 59.2 Å². The summed E-state index contributed by atoms with van der Waals surface area (Å²) in [5, 5.41) is 7.13. The van der Waals surface area contributed by atoms with Gasteiger partial charge in [-0.1, -0.05) is 24.3 Å². The van der Waals surface area contributed by atoms with Gasteiger partial charge in [0.25, 0.3) is 0 Å². The van der Waals surface area contributed by atoms with E-state index in [0.717, 1.165) is 12.0 Å². The van der Waals surface area contributed by atoms with Gasteiger partial charge in [-0.3, -0.25) is 5.43 Å². The van der Waals surface area contributed by atoms with Gasteiger partial charge in [-0.05, 0) is 44.8 Å². The Morgan fingerprint density at radius 2 is 1.92 bits per heavy atom. The Labute approximate surface area is 145 Å². The van der Waals surface area contributed by atoms with E-state index in [1.807, 2.05) is 0 Å². The zero-order valence-electron chi connectivity index (χ0n) is 14.7. The molecule has 0 bridgehead atoms. The summed E-state index contributed by atoms with van der Waals surface area (Å²) >= 11 is 0. The summed E-state index contributed by atoms with van der Waals surface area (Å²) in [5.41, 5.74) is 10.4. The van der Waals surface area contributed by atoms with Crippen molar-refractivity contribution in [2.75, 3.05) is 14.1 Å². The maximum absolute atomic E-state index is 4.64. The molecule has 1 aliphatic heterocycles. The van der Waals surface area contributed by atoms with Crippen LogP contribution < -0.4 is 10.9 Å². The van der Waals surface area contributed by atoms with Crippen molar-refractivity contribution < 1.29 is 0 Å². The lowest BCUT2D eigenvalue weighted by Gasteiger charge is -2.11. The first kappa shape index (κ1) is 14.5. The molecule has 0 amide bonds. The van der Waals surface area contributed by atoms with Crippen LogP contribution in [-0.2, 0) is 13.2 Å². The molecule has 0 fully saturated rings. The average Bonchev–Trinajstić information content (AvgIpc) is 3.16. The van der Waals surface area contributed by atoms with Crippen LogP contribution in [0.25, 0.3) is 27.3 Å². The van der Waals surface area contributed by atoms with Crippen molar-refractivity contribution in [2.24, 2.45) is 5.10 Å². The quantitative estimate of drug-likeness (QED) is 0.613. The van der Waals surface area contributed by atoms with Crippen molar-refractivity contribution in [3.63, 3.8) is 0 Å². The minimum atomic E-state index is 0.704. The molecule has 2 aromatic carbocycles. The first-order chi connectivity index (χ1) is 12.1. The van der Waals surface area contributed by atoms with E-state index in [2.05, 4.69) is 87.9 Å². The van der Waals surface area contributed by atoms with Crippen LogP contribution in [0.5, 0.6) is 0 Å². The zero-order chi connectivity index (χ0) is 17.1. The molecule has 0 radical (unpaired) electrons. The number of fused-ring (bicyclic) bond motifs is 5. The van der Waals surface area contributed by atoms with Crippen LogP contribution in [0.3, 0.4) is 0 Å². The lowest BCUT2D eigenvalue weighted by molar-refractivity contribution is 0.396. The predicted molar refractivity (Wildman–Crippen MR) is 101 cm³/mol. The highest BCUT2D eigenvalue weighted by Gasteiger charge is 2.18. The van der Waals surface area contributed by atoms with Gasteiger partial charge >= 0.3 is 0 Å². The fourth-order valence-electron chi connectivity index (χ4n) is 4.04. The maximum atomic E-state index is 4.64. The molecule has 2 aromatic heterocycles. The highest BCUT2D eigenvalue weighted by Crippen LogP contribution is 2.29. The smallest absolute Gasteiger partial charge is 0.164 e. The van der Waals surface area contributed by atoms with E-state index >= 15 is 0 Å². The van der Waals surface area contributed by atoms with Crippen molar-refractivity contribution in [2.45, 2.75) is 20.1 Å². The maximum Gasteiger partial charge on any atom is 0.164 e. The van der Waals surface area contributed by atoms with E-state index in [0.29, 0.717) is 6.67 Å². The topological polar surface area (TPSA) is 37.0 Å². The number of hydrogen-bond acceptors (Lipinski definition) is 3. The van der Waals surface area contributed by atoms with Crippen LogP contribution in [0.2, 0.25) is 0 Å². The molecule has 25 heavy (non-hydrogen) atoms. The second-order valence-corrected chi connectivity index (χ2v) is 7.07. The number of nitrogens with zero attached hydrogens (tertiary/aromatic N) is 4. The molecule has 0 aliphatic carbocycles. The fraction of sp³-hybridized carbons (Fsp3) is 0.250. The highest BCUT2D eigenvalue weighted by molar-refractivity contribution is 6.00. The van der Waals surface area contributed by atoms with Gasteiger partial charge < -0.3 is 13.9 Å². The number of benzene rings is 2. The van der Waals surface area contributed by atoms with Gasteiger partial charge in [0.15, 0.2) is 5.49 Å². The minimum absolute atomic E-state index is 0.704. The summed E-state index contributed by atoms with van der Waals surface area (Å²) in [6.07, 6.45) is 0. The SMILES string of the molecule is Cc1ccc2cc(CN(C)C)n3c4ccccc4n4c(c1c23)=NNC4. The molecule has 126 valence electrons. The Balaban J connectivity index is 2.16. The molecule has 3 heterocycles. The summed E-state index contributed by atoms with van der Waals surface area (Å²) in [7, 11) is 4.23. The Morgan fingerprint density at radius 1 is 1.12 bits per heavy atom. The van der Waals surface area contributed by atoms with Crippen molar-refractivity contribution >= 4 is 27.3 Å². The monoisotopic (exact) mass is 331 g/mol. The molecule has 5 nitrogen and oxygen atoms in total. The van der Waals surface area contributed by atoms with Gasteiger partial charge in [-0.2, -0.15) is 5.10 Å². The second kappa shape index (κ2) is 5.10. The summed E-state index contributed by atoms with van der Waals surface area (Å²) in [6.45, 7) is 3.77. The summed E-state index contributed by atoms with van der Waals surface area (Å²) in [4.78, 5) is 2.22. The largest absolute Gasteiger partial charge is 0.309 e. The molecule has 0 unspecified atom stereocenters. The molecule has 0 saturated carbocycles. The molecule has 0 spiro atoms. The van der Waals surface area contributed by atoms with Gasteiger partial charge in [0.05, 0.1) is 16.6 Å². The number of nitrogens with one attached hydrogen (secondary N) is 1. The molecule has 0 saturated heterocycles. The molecular weight excluding hydrogens is 310 g/mol. The Kier molecular flexibility index (Phi) is 2.97. The Bertz CT molecular complexity index is 1210. The van der Waals surface area contributed by atoms with Crippen LogP contribution in [0.15, 0.2) is 47.6 Å². The Hall–Kier alpha value is -2.79. The van der Waals surface area contributed by atoms with E-state index in [9.17, 15) is 0 Å². The zero-order valence-corrected chi connectivity index (χ0v) is 14.7. The number of aryl methyl sites for hydroxylation is 1. The first-order valence-corrected chi connectivity index (χ1v) is 8.61. The second-order valence-electron chi connectivity index (χ2n) is 7.07. The van der Waals surface area contributed by atoms with E-state index in [4.69, 9.17) is 0 Å². The highest BCUT2D eigenvalue weighted by atomic mass is 15.4. The lowest BCUT2D eigenvalue weighted by atomic mass is 10.1. The van der Waals surface area contributed by atoms with Gasteiger partial charge in [0, 0.05) is 23.0 Å². The number of hydrogen-bond donors (Lipinski definition) is 1. The van der Waals surface area contributed by atoms with E-state index < -0.39 is 0 Å².